The molecule has 0 aromatic carbocycles. The smallest absolute Gasteiger partial charge is 0.652 e. The minimum Gasteiger partial charge on any atom is -0.652 e. The molecular formula is C2CaCl4O3. The number of carboxylic acid groups (broad SMARTS) is 2. The van der Waals surface area contributed by atoms with E-state index in [0.29, 0.717) is 0 Å². The number of hydrogen-bond acceptors (Lipinski definition) is 3. The predicted octanol–water partition coefficient (Wildman–Crippen LogP) is -0.275. The summed E-state index contributed by atoms with van der Waals surface area (Å²) in [6.07, 6.45) is -2.33. The normalized spacial score (nSPS) is 8.40. The second kappa shape index (κ2) is 8.78. The molecule has 0 N–H and O–H groups in total. The molecule has 0 aliphatic carbocycles. The summed E-state index contributed by atoms with van der Waals surface area (Å²) in [5.74, 6) is 0. The van der Waals surface area contributed by atoms with Gasteiger partial charge in [-0.15, -0.1) is 0 Å². The van der Waals surface area contributed by atoms with Gasteiger partial charge in [-0.05, 0) is 6.16 Å². The van der Waals surface area contributed by atoms with Crippen molar-refractivity contribution in [3.8, 4) is 0 Å². The molecule has 0 fully saturated rings. The molecule has 0 aromatic heterocycles. The third-order valence-electron chi connectivity index (χ3n) is 0. The van der Waals surface area contributed by atoms with E-state index in [9.17, 15) is 0 Å². The van der Waals surface area contributed by atoms with E-state index in [1.807, 2.05) is 0 Å². The van der Waals surface area contributed by atoms with Crippen molar-refractivity contribution in [1.82, 2.24) is 0 Å². The molecule has 0 spiro atoms. The molecule has 3 nitrogen and oxygen atoms in total. The third-order valence-corrected chi connectivity index (χ3v) is 0. The van der Waals surface area contributed by atoms with Crippen LogP contribution in [0.15, 0.2) is 0 Å². The first-order valence-corrected chi connectivity index (χ1v) is 2.88. The number of rotatable bonds is 0. The molecule has 0 aromatic rings. The molecule has 0 heterocycles. The predicted molar refractivity (Wildman–Crippen MR) is 37.3 cm³/mol. The maximum absolute atomic E-state index is 8.33. The molecule has 10 heavy (non-hydrogen) atoms. The van der Waals surface area contributed by atoms with Gasteiger partial charge in [0.1, 0.15) is 0 Å². The average molecular weight is 254 g/mol. The number of alkyl halides is 4. The Kier molecular flexibility index (Phi) is 15.5. The Hall–Kier alpha value is 1.69. The molecule has 0 unspecified atom stereocenters. The van der Waals surface area contributed by atoms with Gasteiger partial charge in [0.05, 0.1) is 0 Å². The van der Waals surface area contributed by atoms with Crippen LogP contribution in [0, 0.1) is 0 Å². The molecule has 0 bridgehead atoms. The van der Waals surface area contributed by atoms with Crippen molar-refractivity contribution in [3.05, 3.63) is 0 Å². The van der Waals surface area contributed by atoms with E-state index in [1.165, 1.54) is 0 Å². The first kappa shape index (κ1) is 17.7. The quantitative estimate of drug-likeness (QED) is 0.441. The van der Waals surface area contributed by atoms with Gasteiger partial charge in [0, 0.05) is 0 Å². The molecule has 0 aliphatic heterocycles. The van der Waals surface area contributed by atoms with Crippen LogP contribution in [-0.2, 0) is 0 Å². The van der Waals surface area contributed by atoms with E-state index in [0.717, 1.165) is 0 Å². The molecule has 0 radical (unpaired) electrons. The van der Waals surface area contributed by atoms with Crippen LogP contribution in [0.3, 0.4) is 0 Å². The standard InChI is InChI=1S/CCl4.CH2O3.Ca/c2-1(3,4)5;2-1(3)4;/h;(H2,2,3,4);/q;;+2/p-2. The Morgan fingerprint density at radius 2 is 1.10 bits per heavy atom. The second-order valence-electron chi connectivity index (χ2n) is 0.679. The summed E-state index contributed by atoms with van der Waals surface area (Å²) >= 11 is 19.3. The van der Waals surface area contributed by atoms with Crippen LogP contribution < -0.4 is 10.2 Å². The van der Waals surface area contributed by atoms with Gasteiger partial charge >= 0.3 is 37.7 Å². The van der Waals surface area contributed by atoms with Crippen LogP contribution in [0.4, 0.5) is 4.79 Å². The van der Waals surface area contributed by atoms with Gasteiger partial charge in [-0.3, -0.25) is 0 Å². The van der Waals surface area contributed by atoms with Crippen LogP contribution in [-0.4, -0.2) is 47.1 Å². The summed E-state index contributed by atoms with van der Waals surface area (Å²) in [5, 5.41) is 16.7. The SMILES string of the molecule is ClC(Cl)(Cl)Cl.O=C([O-])[O-].[Ca+2]. The Bertz CT molecular complexity index is 81.0. The van der Waals surface area contributed by atoms with Gasteiger partial charge in [0.25, 0.3) is 3.25 Å². The first-order chi connectivity index (χ1) is 3.73. The van der Waals surface area contributed by atoms with E-state index < -0.39 is 9.41 Å². The average Bonchev–Trinajstić information content (AvgIpc) is 1.19. The van der Waals surface area contributed by atoms with Crippen molar-refractivity contribution in [2.75, 3.05) is 0 Å². The number of hydrogen-bond donors (Lipinski definition) is 0. The zero-order valence-electron chi connectivity index (χ0n) is 4.44. The van der Waals surface area contributed by atoms with Gasteiger partial charge in [0.15, 0.2) is 0 Å². The van der Waals surface area contributed by atoms with E-state index in [1.54, 1.807) is 0 Å². The molecule has 0 amide bonds. The van der Waals surface area contributed by atoms with Crippen molar-refractivity contribution in [1.29, 1.82) is 0 Å². The monoisotopic (exact) mass is 252 g/mol. The van der Waals surface area contributed by atoms with Crippen molar-refractivity contribution in [3.63, 3.8) is 0 Å². The van der Waals surface area contributed by atoms with Gasteiger partial charge in [-0.2, -0.15) is 0 Å². The molecule has 8 heteroatoms. The Morgan fingerprint density at radius 1 is 1.10 bits per heavy atom. The fourth-order valence-electron chi connectivity index (χ4n) is 0. The minimum atomic E-state index is -2.33. The van der Waals surface area contributed by atoms with E-state index in [-0.39, 0.29) is 37.7 Å². The van der Waals surface area contributed by atoms with Crippen molar-refractivity contribution >= 4 is 90.3 Å². The van der Waals surface area contributed by atoms with Crippen LogP contribution in [0.25, 0.3) is 0 Å². The minimum absolute atomic E-state index is 0. The largest absolute Gasteiger partial charge is 2.00 e. The van der Waals surface area contributed by atoms with E-state index in [4.69, 9.17) is 61.4 Å². The van der Waals surface area contributed by atoms with Crippen LogP contribution in [0.2, 0.25) is 0 Å². The maximum Gasteiger partial charge on any atom is 2.00 e. The van der Waals surface area contributed by atoms with Crippen molar-refractivity contribution < 1.29 is 15.0 Å². The first-order valence-electron chi connectivity index (χ1n) is 1.37. The molecule has 0 atom stereocenters. The summed E-state index contributed by atoms with van der Waals surface area (Å²) in [6, 6.07) is 0. The van der Waals surface area contributed by atoms with Crippen LogP contribution in [0.5, 0.6) is 0 Å². The Morgan fingerprint density at radius 3 is 1.10 bits per heavy atom. The number of carbonyl (C=O) groups excluding carboxylic acids is 1. The fourth-order valence-corrected chi connectivity index (χ4v) is 0. The molecule has 0 saturated carbocycles. The fraction of sp³-hybridized carbons (Fsp3) is 0.500. The van der Waals surface area contributed by atoms with Crippen molar-refractivity contribution in [2.45, 2.75) is 3.25 Å². The van der Waals surface area contributed by atoms with Gasteiger partial charge < -0.3 is 15.0 Å². The molecule has 0 aliphatic rings. The Labute approximate surface area is 107 Å². The summed E-state index contributed by atoms with van der Waals surface area (Å²) < 4.78 is -1.61. The Balaban J connectivity index is -0.0000000910. The molecule has 0 rings (SSSR count). The molecule has 56 valence electrons. The summed E-state index contributed by atoms with van der Waals surface area (Å²) in [4.78, 5) is 8.33. The van der Waals surface area contributed by atoms with E-state index in [2.05, 4.69) is 0 Å². The van der Waals surface area contributed by atoms with Gasteiger partial charge in [-0.1, -0.05) is 46.4 Å². The maximum atomic E-state index is 8.33. The number of carbonyl (C=O) groups is 1. The van der Waals surface area contributed by atoms with Crippen LogP contribution in [0.1, 0.15) is 0 Å². The third kappa shape index (κ3) is 256. The topological polar surface area (TPSA) is 63.2 Å². The van der Waals surface area contributed by atoms with Crippen LogP contribution >= 0.6 is 46.4 Å². The summed E-state index contributed by atoms with van der Waals surface area (Å²) in [5.41, 5.74) is 0. The summed E-state index contributed by atoms with van der Waals surface area (Å²) in [7, 11) is 0. The zero-order valence-corrected chi connectivity index (χ0v) is 9.68. The summed E-state index contributed by atoms with van der Waals surface area (Å²) in [6.45, 7) is 0. The van der Waals surface area contributed by atoms with E-state index >= 15 is 0 Å². The molecule has 0 saturated heterocycles. The van der Waals surface area contributed by atoms with Gasteiger partial charge in [0.2, 0.25) is 0 Å². The number of halogens is 4. The molecular weight excluding hydrogens is 254 g/mol. The second-order valence-corrected chi connectivity index (χ2v) is 4.11. The zero-order chi connectivity index (χ0) is 8.08. The van der Waals surface area contributed by atoms with Gasteiger partial charge in [-0.25, -0.2) is 0 Å². The van der Waals surface area contributed by atoms with Crippen molar-refractivity contribution in [2.24, 2.45) is 0 Å².